The molecule has 0 unspecified atom stereocenters. The normalized spacial score (nSPS) is 15.3. The van der Waals surface area contributed by atoms with Crippen molar-refractivity contribution in [2.45, 2.75) is 62.4 Å². The molecular weight excluding hydrogens is 667 g/mol. The predicted octanol–water partition coefficient (Wildman–Crippen LogP) is 9.06. The van der Waals surface area contributed by atoms with Crippen molar-refractivity contribution in [2.24, 2.45) is 5.73 Å². The van der Waals surface area contributed by atoms with Gasteiger partial charge in [-0.25, -0.2) is 4.98 Å². The number of primary amides is 1. The molecule has 7 heteroatoms. The Bertz CT molecular complexity index is 1990. The summed E-state index contributed by atoms with van der Waals surface area (Å²) >= 11 is 0. The maximum Gasteiger partial charge on any atom is 0.221 e. The second kappa shape index (κ2) is 18.7. The molecule has 0 radical (unpaired) electrons. The lowest BCUT2D eigenvalue weighted by Crippen LogP contribution is -2.40. The van der Waals surface area contributed by atoms with Gasteiger partial charge in [-0.1, -0.05) is 140 Å². The summed E-state index contributed by atoms with van der Waals surface area (Å²) < 4.78 is 0. The third-order valence-corrected chi connectivity index (χ3v) is 10.2. The number of amides is 2. The number of benzene rings is 5. The molecule has 54 heavy (non-hydrogen) atoms. The van der Waals surface area contributed by atoms with Crippen molar-refractivity contribution >= 4 is 34.2 Å². The van der Waals surface area contributed by atoms with Gasteiger partial charge >= 0.3 is 0 Å². The molecule has 7 rings (SSSR count). The molecule has 0 spiro atoms. The van der Waals surface area contributed by atoms with E-state index >= 15 is 0 Å². The van der Waals surface area contributed by atoms with Gasteiger partial charge in [-0.3, -0.25) is 9.59 Å². The minimum absolute atomic E-state index is 0.0508. The Morgan fingerprint density at radius 2 is 1.06 bits per heavy atom. The van der Waals surface area contributed by atoms with Crippen LogP contribution in [-0.4, -0.2) is 43.0 Å². The average Bonchev–Trinajstić information content (AvgIpc) is 3.21. The van der Waals surface area contributed by atoms with Crippen molar-refractivity contribution in [3.05, 3.63) is 174 Å². The molecule has 1 aliphatic carbocycles. The first-order valence-corrected chi connectivity index (χ1v) is 18.9. The molecule has 5 aromatic carbocycles. The number of aromatic nitrogens is 1. The van der Waals surface area contributed by atoms with Gasteiger partial charge in [0.05, 0.1) is 5.52 Å². The molecular formula is C47H51N5O2. The lowest BCUT2D eigenvalue weighted by Gasteiger charge is -2.31. The second-order valence-corrected chi connectivity index (χ2v) is 14.3. The van der Waals surface area contributed by atoms with Gasteiger partial charge in [0.1, 0.15) is 5.82 Å². The molecule has 0 atom stereocenters. The van der Waals surface area contributed by atoms with E-state index in [1.54, 1.807) is 0 Å². The molecule has 7 nitrogen and oxygen atoms in total. The first-order chi connectivity index (χ1) is 26.3. The number of nitrogens with zero attached hydrogens (tertiary/aromatic N) is 2. The van der Waals surface area contributed by atoms with Crippen molar-refractivity contribution in [1.29, 1.82) is 0 Å². The number of hydrogen-bond acceptors (Lipinski definition) is 5. The van der Waals surface area contributed by atoms with Crippen molar-refractivity contribution in [3.63, 3.8) is 0 Å². The highest BCUT2D eigenvalue weighted by Gasteiger charge is 2.25. The summed E-state index contributed by atoms with van der Waals surface area (Å²) in [5, 5.41) is 8.16. The van der Waals surface area contributed by atoms with E-state index in [0.717, 1.165) is 53.5 Å². The van der Waals surface area contributed by atoms with Gasteiger partial charge in [-0.15, -0.1) is 0 Å². The number of carbonyl (C=O) groups excluding carboxylic acids is 2. The van der Waals surface area contributed by atoms with Crippen LogP contribution in [0.15, 0.2) is 152 Å². The number of nitrogens with one attached hydrogen (secondary N) is 2. The molecule has 2 amide bonds. The molecule has 1 heterocycles. The van der Waals surface area contributed by atoms with Crippen LogP contribution >= 0.6 is 0 Å². The zero-order chi connectivity index (χ0) is 37.7. The van der Waals surface area contributed by atoms with E-state index < -0.39 is 0 Å². The van der Waals surface area contributed by atoms with Crippen molar-refractivity contribution < 1.29 is 9.59 Å². The third-order valence-electron chi connectivity index (χ3n) is 10.2. The van der Waals surface area contributed by atoms with Gasteiger partial charge in [-0.05, 0) is 54.0 Å². The highest BCUT2D eigenvalue weighted by Crippen LogP contribution is 2.31. The Balaban J connectivity index is 0.000000244. The molecule has 1 saturated carbocycles. The molecule has 1 fully saturated rings. The molecule has 1 aliphatic rings. The van der Waals surface area contributed by atoms with E-state index in [1.807, 2.05) is 103 Å². The number of rotatable bonds is 12. The van der Waals surface area contributed by atoms with Gasteiger partial charge in [-0.2, -0.15) is 0 Å². The first kappa shape index (κ1) is 37.8. The number of para-hydroxylation sites is 1. The fourth-order valence-corrected chi connectivity index (χ4v) is 7.46. The molecule has 276 valence electrons. The minimum atomic E-state index is -0.275. The summed E-state index contributed by atoms with van der Waals surface area (Å²) in [6, 6.07) is 51.6. The average molecular weight is 718 g/mol. The number of carbonyl (C=O) groups is 2. The van der Waals surface area contributed by atoms with E-state index in [1.165, 1.54) is 16.8 Å². The lowest BCUT2D eigenvalue weighted by atomic mass is 9.87. The highest BCUT2D eigenvalue weighted by atomic mass is 16.2. The van der Waals surface area contributed by atoms with E-state index in [-0.39, 0.29) is 29.7 Å². The topological polar surface area (TPSA) is 100 Å². The fraction of sp³-hybridized carbons (Fsp3) is 0.255. The molecule has 0 aliphatic heterocycles. The standard InChI is InChI=1S/C32H36N4O.C15H15NO/c1-36(2)30-22-31(35-29-16-10-9-15-27(29)30)33-25-17-19-26(20-18-25)34-32(37)21-28(23-11-5-3-6-12-23)24-13-7-4-8-14-24;16-15(17)11-14(12-7-3-1-4-8-12)13-9-5-2-6-10-13/h3-16,22,25-26,28H,17-21H2,1-2H3,(H,33,35)(H,34,37);1-10,14H,11H2,(H2,16,17)/t25-,26+;. The molecule has 0 bridgehead atoms. The van der Waals surface area contributed by atoms with E-state index in [2.05, 4.69) is 78.2 Å². The quantitative estimate of drug-likeness (QED) is 0.117. The summed E-state index contributed by atoms with van der Waals surface area (Å²) in [5.41, 5.74) is 12.1. The van der Waals surface area contributed by atoms with Gasteiger partial charge < -0.3 is 21.3 Å². The number of hydrogen-bond donors (Lipinski definition) is 3. The van der Waals surface area contributed by atoms with Crippen LogP contribution in [0.4, 0.5) is 11.5 Å². The summed E-state index contributed by atoms with van der Waals surface area (Å²) in [7, 11) is 4.14. The van der Waals surface area contributed by atoms with Crippen LogP contribution in [0.25, 0.3) is 10.9 Å². The lowest BCUT2D eigenvalue weighted by molar-refractivity contribution is -0.122. The van der Waals surface area contributed by atoms with Crippen LogP contribution in [0.3, 0.4) is 0 Å². The Hall–Kier alpha value is -5.95. The molecule has 4 N–H and O–H groups in total. The van der Waals surface area contributed by atoms with Gasteiger partial charge in [0.25, 0.3) is 0 Å². The van der Waals surface area contributed by atoms with Gasteiger partial charge in [0.2, 0.25) is 11.8 Å². The smallest absolute Gasteiger partial charge is 0.221 e. The summed E-state index contributed by atoms with van der Waals surface area (Å²) in [5.74, 6) is 0.882. The van der Waals surface area contributed by atoms with Crippen LogP contribution in [0.1, 0.15) is 72.6 Å². The predicted molar refractivity (Wildman–Crippen MR) is 222 cm³/mol. The minimum Gasteiger partial charge on any atom is -0.377 e. The Labute approximate surface area is 319 Å². The van der Waals surface area contributed by atoms with Crippen molar-refractivity contribution in [2.75, 3.05) is 24.3 Å². The van der Waals surface area contributed by atoms with Gasteiger partial charge in [0, 0.05) is 68.0 Å². The number of anilines is 2. The van der Waals surface area contributed by atoms with Gasteiger partial charge in [0.15, 0.2) is 0 Å². The van der Waals surface area contributed by atoms with Crippen LogP contribution in [0, 0.1) is 0 Å². The summed E-state index contributed by atoms with van der Waals surface area (Å²) in [4.78, 5) is 31.3. The van der Waals surface area contributed by atoms with Crippen molar-refractivity contribution in [1.82, 2.24) is 10.3 Å². The Kier molecular flexibility index (Phi) is 13.1. The Morgan fingerprint density at radius 3 is 1.52 bits per heavy atom. The maximum atomic E-state index is 13.1. The monoisotopic (exact) mass is 717 g/mol. The zero-order valence-electron chi connectivity index (χ0n) is 31.3. The van der Waals surface area contributed by atoms with Crippen LogP contribution in [0.5, 0.6) is 0 Å². The largest absolute Gasteiger partial charge is 0.377 e. The zero-order valence-corrected chi connectivity index (χ0v) is 31.3. The number of nitrogens with two attached hydrogens (primary N) is 1. The molecule has 1 aromatic heterocycles. The Morgan fingerprint density at radius 1 is 0.630 bits per heavy atom. The molecule has 6 aromatic rings. The maximum absolute atomic E-state index is 13.1. The second-order valence-electron chi connectivity index (χ2n) is 14.3. The van der Waals surface area contributed by atoms with E-state index in [0.29, 0.717) is 18.9 Å². The summed E-state index contributed by atoms with van der Waals surface area (Å²) in [6.07, 6.45) is 4.77. The van der Waals surface area contributed by atoms with Crippen LogP contribution < -0.4 is 21.3 Å². The van der Waals surface area contributed by atoms with Crippen LogP contribution in [-0.2, 0) is 9.59 Å². The molecule has 0 saturated heterocycles. The fourth-order valence-electron chi connectivity index (χ4n) is 7.46. The SMILES string of the molecule is CN(C)c1cc(N[C@H]2CC[C@@H](NC(=O)CC(c3ccccc3)c3ccccc3)CC2)nc2ccccc12.NC(=O)CC(c1ccccc1)c1ccccc1. The van der Waals surface area contributed by atoms with E-state index in [9.17, 15) is 9.59 Å². The number of fused-ring (bicyclic) bond motifs is 1. The first-order valence-electron chi connectivity index (χ1n) is 18.9. The summed E-state index contributed by atoms with van der Waals surface area (Å²) in [6.45, 7) is 0. The van der Waals surface area contributed by atoms with E-state index in [4.69, 9.17) is 10.7 Å². The van der Waals surface area contributed by atoms with Crippen molar-refractivity contribution in [3.8, 4) is 0 Å². The van der Waals surface area contributed by atoms with Crippen LogP contribution in [0.2, 0.25) is 0 Å². The number of pyridine rings is 1. The third kappa shape index (κ3) is 10.3. The highest BCUT2D eigenvalue weighted by molar-refractivity contribution is 5.93.